The van der Waals surface area contributed by atoms with Gasteiger partial charge in [0, 0.05) is 26.1 Å². The molecule has 1 heterocycles. The molecule has 1 aliphatic carbocycles. The van der Waals surface area contributed by atoms with E-state index in [4.69, 9.17) is 0 Å². The van der Waals surface area contributed by atoms with Crippen LogP contribution < -0.4 is 10.6 Å². The molecule has 158 valence electrons. The summed E-state index contributed by atoms with van der Waals surface area (Å²) in [6.45, 7) is 2.32. The first-order valence-corrected chi connectivity index (χ1v) is 9.63. The second kappa shape index (κ2) is 8.04. The molecule has 2 fully saturated rings. The van der Waals surface area contributed by atoms with E-state index >= 15 is 0 Å². The topological polar surface area (TPSA) is 78.5 Å². The van der Waals surface area contributed by atoms with Crippen LogP contribution in [0, 0.1) is 0 Å². The molecule has 3 rings (SSSR count). The molecule has 0 aromatic heterocycles. The van der Waals surface area contributed by atoms with Crippen LogP contribution >= 0.6 is 0 Å². The zero-order valence-corrected chi connectivity index (χ0v) is 16.1. The quantitative estimate of drug-likeness (QED) is 0.778. The average molecular weight is 411 g/mol. The van der Waals surface area contributed by atoms with Gasteiger partial charge < -0.3 is 15.5 Å². The number of nitrogens with zero attached hydrogens (tertiary/aromatic N) is 1. The van der Waals surface area contributed by atoms with Gasteiger partial charge in [-0.05, 0) is 43.4 Å². The number of likely N-dealkylation sites (tertiary alicyclic amines) is 1. The highest BCUT2D eigenvalue weighted by molar-refractivity contribution is 5.93. The van der Waals surface area contributed by atoms with Gasteiger partial charge in [0.2, 0.25) is 17.7 Å². The number of halogens is 3. The number of alkyl halides is 3. The Labute approximate surface area is 166 Å². The van der Waals surface area contributed by atoms with Crippen molar-refractivity contribution in [3.8, 4) is 0 Å². The lowest BCUT2D eigenvalue weighted by molar-refractivity contribution is -0.137. The first-order valence-electron chi connectivity index (χ1n) is 9.63. The second-order valence-electron chi connectivity index (χ2n) is 7.76. The number of nitrogens with one attached hydrogen (secondary N) is 2. The maximum Gasteiger partial charge on any atom is 0.416 e. The summed E-state index contributed by atoms with van der Waals surface area (Å²) in [5.74, 6) is -0.560. The van der Waals surface area contributed by atoms with E-state index in [1.165, 1.54) is 19.1 Å². The van der Waals surface area contributed by atoms with Crippen molar-refractivity contribution in [2.24, 2.45) is 0 Å². The highest BCUT2D eigenvalue weighted by atomic mass is 19.4. The average Bonchev–Trinajstić information content (AvgIpc) is 3.42. The highest BCUT2D eigenvalue weighted by Gasteiger charge is 2.51. The molecule has 1 aliphatic heterocycles. The summed E-state index contributed by atoms with van der Waals surface area (Å²) < 4.78 is 37.8. The van der Waals surface area contributed by atoms with Crippen LogP contribution in [0.3, 0.4) is 0 Å². The lowest BCUT2D eigenvalue weighted by Crippen LogP contribution is -2.53. The zero-order chi connectivity index (χ0) is 21.2. The molecule has 0 radical (unpaired) electrons. The van der Waals surface area contributed by atoms with Crippen molar-refractivity contribution in [1.82, 2.24) is 15.5 Å². The number of piperidine rings is 1. The van der Waals surface area contributed by atoms with E-state index in [0.29, 0.717) is 44.3 Å². The molecule has 0 spiro atoms. The fourth-order valence-corrected chi connectivity index (χ4v) is 3.57. The van der Waals surface area contributed by atoms with Crippen LogP contribution in [-0.2, 0) is 27.0 Å². The van der Waals surface area contributed by atoms with Gasteiger partial charge in [0.15, 0.2) is 0 Å². The molecule has 6 nitrogen and oxygen atoms in total. The van der Waals surface area contributed by atoms with Crippen molar-refractivity contribution < 1.29 is 27.6 Å². The van der Waals surface area contributed by atoms with Crippen LogP contribution in [0.1, 0.15) is 43.7 Å². The zero-order valence-electron chi connectivity index (χ0n) is 16.1. The van der Waals surface area contributed by atoms with Crippen LogP contribution in [0.25, 0.3) is 0 Å². The molecule has 9 heteroatoms. The van der Waals surface area contributed by atoms with E-state index in [2.05, 4.69) is 10.6 Å². The van der Waals surface area contributed by atoms with Gasteiger partial charge in [0.1, 0.15) is 5.54 Å². The molecular weight excluding hydrogens is 387 g/mol. The molecule has 1 saturated heterocycles. The summed E-state index contributed by atoms with van der Waals surface area (Å²) in [7, 11) is 0. The SMILES string of the molecule is CC(=O)NC1(C(=O)NC2CCN(C(=O)Cc3ccc(C(F)(F)F)cc3)CC2)CC1. The lowest BCUT2D eigenvalue weighted by Gasteiger charge is -2.33. The number of carbonyl (C=O) groups is 3. The van der Waals surface area contributed by atoms with Gasteiger partial charge in [0.25, 0.3) is 0 Å². The lowest BCUT2D eigenvalue weighted by atomic mass is 10.0. The van der Waals surface area contributed by atoms with Crippen molar-refractivity contribution in [3.63, 3.8) is 0 Å². The van der Waals surface area contributed by atoms with Crippen molar-refractivity contribution >= 4 is 17.7 Å². The van der Waals surface area contributed by atoms with Crippen molar-refractivity contribution in [2.75, 3.05) is 13.1 Å². The Morgan fingerprint density at radius 2 is 1.69 bits per heavy atom. The van der Waals surface area contributed by atoms with Crippen molar-refractivity contribution in [3.05, 3.63) is 35.4 Å². The van der Waals surface area contributed by atoms with Crippen LogP contribution in [0.15, 0.2) is 24.3 Å². The molecular formula is C20H24F3N3O3. The molecule has 1 aromatic rings. The van der Waals surface area contributed by atoms with Gasteiger partial charge in [-0.25, -0.2) is 0 Å². The summed E-state index contributed by atoms with van der Waals surface area (Å²) >= 11 is 0. The first-order chi connectivity index (χ1) is 13.6. The molecule has 2 aliphatic rings. The molecule has 3 amide bonds. The summed E-state index contributed by atoms with van der Waals surface area (Å²) in [4.78, 5) is 37.7. The third-order valence-corrected chi connectivity index (χ3v) is 5.42. The second-order valence-corrected chi connectivity index (χ2v) is 7.76. The molecule has 0 atom stereocenters. The van der Waals surface area contributed by atoms with Crippen LogP contribution in [0.4, 0.5) is 13.2 Å². The minimum absolute atomic E-state index is 0.0425. The molecule has 1 saturated carbocycles. The van der Waals surface area contributed by atoms with Crippen LogP contribution in [0.5, 0.6) is 0 Å². The summed E-state index contributed by atoms with van der Waals surface area (Å²) in [6.07, 6.45) is -1.90. The van der Waals surface area contributed by atoms with E-state index in [-0.39, 0.29) is 30.2 Å². The Hall–Kier alpha value is -2.58. The number of rotatable bonds is 5. The number of benzene rings is 1. The van der Waals surface area contributed by atoms with Crippen molar-refractivity contribution in [1.29, 1.82) is 0 Å². The predicted octanol–water partition coefficient (Wildman–Crippen LogP) is 2.02. The normalized spacial score (nSPS) is 18.8. The van der Waals surface area contributed by atoms with Gasteiger partial charge in [0.05, 0.1) is 12.0 Å². The van der Waals surface area contributed by atoms with E-state index in [9.17, 15) is 27.6 Å². The van der Waals surface area contributed by atoms with E-state index in [1.54, 1.807) is 4.90 Å². The Morgan fingerprint density at radius 3 is 2.17 bits per heavy atom. The third kappa shape index (κ3) is 5.27. The highest BCUT2D eigenvalue weighted by Crippen LogP contribution is 2.36. The van der Waals surface area contributed by atoms with Crippen LogP contribution in [0.2, 0.25) is 0 Å². The maximum atomic E-state index is 12.6. The molecule has 2 N–H and O–H groups in total. The monoisotopic (exact) mass is 411 g/mol. The minimum Gasteiger partial charge on any atom is -0.351 e. The fourth-order valence-electron chi connectivity index (χ4n) is 3.57. The van der Waals surface area contributed by atoms with E-state index in [0.717, 1.165) is 12.1 Å². The Balaban J connectivity index is 1.46. The van der Waals surface area contributed by atoms with E-state index < -0.39 is 17.3 Å². The Morgan fingerprint density at radius 1 is 1.10 bits per heavy atom. The first kappa shape index (κ1) is 21.1. The van der Waals surface area contributed by atoms with Crippen molar-refractivity contribution in [2.45, 2.75) is 56.8 Å². The van der Waals surface area contributed by atoms with Gasteiger partial charge in [-0.2, -0.15) is 13.2 Å². The number of carbonyl (C=O) groups excluding carboxylic acids is 3. The third-order valence-electron chi connectivity index (χ3n) is 5.42. The van der Waals surface area contributed by atoms with Crippen LogP contribution in [-0.4, -0.2) is 47.3 Å². The standard InChI is InChI=1S/C20H24F3N3O3/c1-13(27)25-19(8-9-19)18(29)24-16-6-10-26(11-7-16)17(28)12-14-2-4-15(5-3-14)20(21,22)23/h2-5,16H,6-12H2,1H3,(H,24,29)(H,25,27). The smallest absolute Gasteiger partial charge is 0.351 e. The molecule has 1 aromatic carbocycles. The predicted molar refractivity (Wildman–Crippen MR) is 98.7 cm³/mol. The summed E-state index contributed by atoms with van der Waals surface area (Å²) in [5, 5.41) is 5.66. The molecule has 0 unspecified atom stereocenters. The van der Waals surface area contributed by atoms with Gasteiger partial charge in [-0.3, -0.25) is 14.4 Å². The van der Waals surface area contributed by atoms with Gasteiger partial charge in [-0.1, -0.05) is 12.1 Å². The Kier molecular flexibility index (Phi) is 5.86. The summed E-state index contributed by atoms with van der Waals surface area (Å²) in [5.41, 5.74) is -0.983. The number of hydrogen-bond acceptors (Lipinski definition) is 3. The molecule has 29 heavy (non-hydrogen) atoms. The maximum absolute atomic E-state index is 12.6. The van der Waals surface area contributed by atoms with E-state index in [1.807, 2.05) is 0 Å². The summed E-state index contributed by atoms with van der Waals surface area (Å²) in [6, 6.07) is 4.54. The Bertz CT molecular complexity index is 780. The number of amides is 3. The minimum atomic E-state index is -4.40. The number of hydrogen-bond donors (Lipinski definition) is 2. The largest absolute Gasteiger partial charge is 0.416 e. The van der Waals surface area contributed by atoms with Gasteiger partial charge >= 0.3 is 6.18 Å². The molecule has 0 bridgehead atoms. The van der Waals surface area contributed by atoms with Gasteiger partial charge in [-0.15, -0.1) is 0 Å². The fraction of sp³-hybridized carbons (Fsp3) is 0.550.